The molecule has 9 heteroatoms. The van der Waals surface area contributed by atoms with Crippen molar-refractivity contribution in [3.63, 3.8) is 0 Å². The number of aryl methyl sites for hydroxylation is 1. The zero-order chi connectivity index (χ0) is 19.4. The summed E-state index contributed by atoms with van der Waals surface area (Å²) in [5.41, 5.74) is 0.498. The van der Waals surface area contributed by atoms with Crippen LogP contribution in [0, 0.1) is 0 Å². The maximum atomic E-state index is 12.6. The fourth-order valence-electron chi connectivity index (χ4n) is 3.03. The minimum atomic E-state index is -1.07. The second-order valence-corrected chi connectivity index (χ2v) is 7.28. The van der Waals surface area contributed by atoms with E-state index in [1.807, 2.05) is 6.26 Å². The molecule has 1 unspecified atom stereocenters. The summed E-state index contributed by atoms with van der Waals surface area (Å²) in [4.78, 5) is 40.2. The molecule has 2 aromatic rings. The van der Waals surface area contributed by atoms with Crippen LogP contribution in [0.2, 0.25) is 0 Å². The third-order valence-corrected chi connectivity index (χ3v) is 5.04. The van der Waals surface area contributed by atoms with Gasteiger partial charge in [-0.25, -0.2) is 9.78 Å². The van der Waals surface area contributed by atoms with Gasteiger partial charge in [-0.05, 0) is 43.0 Å². The first-order chi connectivity index (χ1) is 13.0. The summed E-state index contributed by atoms with van der Waals surface area (Å²) in [6.07, 6.45) is 3.91. The first-order valence-corrected chi connectivity index (χ1v) is 10.1. The molecule has 0 radical (unpaired) electrons. The molecule has 0 saturated carbocycles. The number of rotatable bonds is 8. The van der Waals surface area contributed by atoms with Crippen molar-refractivity contribution in [2.45, 2.75) is 31.8 Å². The van der Waals surface area contributed by atoms with Gasteiger partial charge in [0.05, 0.1) is 10.9 Å². The van der Waals surface area contributed by atoms with Crippen molar-refractivity contribution in [2.75, 3.05) is 18.6 Å². The molecule has 8 nitrogen and oxygen atoms in total. The highest BCUT2D eigenvalue weighted by molar-refractivity contribution is 7.98. The Bertz CT molecular complexity index is 927. The number of hydrogen-bond acceptors (Lipinski definition) is 6. The molecule has 27 heavy (non-hydrogen) atoms. The van der Waals surface area contributed by atoms with Gasteiger partial charge in [0.25, 0.3) is 11.5 Å². The van der Waals surface area contributed by atoms with Crippen molar-refractivity contribution >= 4 is 34.5 Å². The smallest absolute Gasteiger partial charge is 0.326 e. The Morgan fingerprint density at radius 1 is 1.44 bits per heavy atom. The second-order valence-electron chi connectivity index (χ2n) is 6.30. The number of benzene rings is 1. The largest absolute Gasteiger partial charge is 0.484 e. The Labute approximate surface area is 159 Å². The molecule has 1 amide bonds. The van der Waals surface area contributed by atoms with Gasteiger partial charge in [-0.1, -0.05) is 0 Å². The van der Waals surface area contributed by atoms with Crippen molar-refractivity contribution in [2.24, 2.45) is 0 Å². The molecule has 0 spiro atoms. The van der Waals surface area contributed by atoms with Crippen LogP contribution in [0.4, 0.5) is 0 Å². The van der Waals surface area contributed by atoms with E-state index < -0.39 is 17.9 Å². The monoisotopic (exact) mass is 391 g/mol. The SMILES string of the molecule is CSCCC(NC(=O)COc1ccc2nc3n(c(=O)c2c1)CCC3)C(=O)O. The molecule has 3 rings (SSSR count). The Morgan fingerprint density at radius 3 is 3.00 bits per heavy atom. The van der Waals surface area contributed by atoms with E-state index in [0.717, 1.165) is 18.7 Å². The Hall–Kier alpha value is -2.55. The minimum absolute atomic E-state index is 0.106. The van der Waals surface area contributed by atoms with Crippen LogP contribution >= 0.6 is 11.8 Å². The van der Waals surface area contributed by atoms with Gasteiger partial charge in [0, 0.05) is 13.0 Å². The molecule has 2 heterocycles. The predicted molar refractivity (Wildman–Crippen MR) is 102 cm³/mol. The number of fused-ring (bicyclic) bond motifs is 2. The predicted octanol–water partition coefficient (Wildman–Crippen LogP) is 1.04. The maximum Gasteiger partial charge on any atom is 0.326 e. The van der Waals surface area contributed by atoms with E-state index in [9.17, 15) is 14.4 Å². The number of aromatic nitrogens is 2. The number of hydrogen-bond donors (Lipinski definition) is 2. The van der Waals surface area contributed by atoms with Gasteiger partial charge >= 0.3 is 5.97 Å². The highest BCUT2D eigenvalue weighted by Gasteiger charge is 2.20. The van der Waals surface area contributed by atoms with Crippen molar-refractivity contribution < 1.29 is 19.4 Å². The number of thioether (sulfide) groups is 1. The van der Waals surface area contributed by atoms with E-state index in [2.05, 4.69) is 10.3 Å². The number of carboxylic acids is 1. The maximum absolute atomic E-state index is 12.6. The third kappa shape index (κ3) is 4.41. The van der Waals surface area contributed by atoms with E-state index in [-0.39, 0.29) is 12.2 Å². The van der Waals surface area contributed by atoms with E-state index in [0.29, 0.717) is 35.4 Å². The average molecular weight is 391 g/mol. The molecule has 1 aromatic carbocycles. The molecule has 1 atom stereocenters. The summed E-state index contributed by atoms with van der Waals surface area (Å²) in [6, 6.07) is 3.98. The third-order valence-electron chi connectivity index (χ3n) is 4.40. The number of carboxylic acid groups (broad SMARTS) is 1. The second kappa shape index (κ2) is 8.43. The van der Waals surface area contributed by atoms with Crippen LogP contribution in [0.25, 0.3) is 10.9 Å². The van der Waals surface area contributed by atoms with E-state index in [1.165, 1.54) is 11.8 Å². The molecule has 144 valence electrons. The molecule has 1 aliphatic heterocycles. The topological polar surface area (TPSA) is 111 Å². The van der Waals surface area contributed by atoms with Gasteiger partial charge in [0.15, 0.2) is 6.61 Å². The van der Waals surface area contributed by atoms with E-state index in [1.54, 1.807) is 22.8 Å². The highest BCUT2D eigenvalue weighted by Crippen LogP contribution is 2.19. The van der Waals surface area contributed by atoms with Crippen LogP contribution < -0.4 is 15.6 Å². The van der Waals surface area contributed by atoms with Crippen molar-refractivity contribution in [3.8, 4) is 5.75 Å². The minimum Gasteiger partial charge on any atom is -0.484 e. The highest BCUT2D eigenvalue weighted by atomic mass is 32.2. The number of nitrogens with one attached hydrogen (secondary N) is 1. The molecule has 0 fully saturated rings. The summed E-state index contributed by atoms with van der Waals surface area (Å²) in [5, 5.41) is 12.0. The summed E-state index contributed by atoms with van der Waals surface area (Å²) < 4.78 is 7.12. The van der Waals surface area contributed by atoms with E-state index >= 15 is 0 Å². The van der Waals surface area contributed by atoms with E-state index in [4.69, 9.17) is 9.84 Å². The zero-order valence-electron chi connectivity index (χ0n) is 14.9. The van der Waals surface area contributed by atoms with Gasteiger partial charge in [0.2, 0.25) is 0 Å². The van der Waals surface area contributed by atoms with Gasteiger partial charge in [-0.15, -0.1) is 0 Å². The van der Waals surface area contributed by atoms with Crippen molar-refractivity contribution in [1.29, 1.82) is 0 Å². The van der Waals surface area contributed by atoms with Gasteiger partial charge < -0.3 is 15.2 Å². The van der Waals surface area contributed by atoms with Crippen LogP contribution in [0.3, 0.4) is 0 Å². The number of aliphatic carboxylic acids is 1. The van der Waals surface area contributed by atoms with Crippen LogP contribution in [0.5, 0.6) is 5.75 Å². The molecule has 0 aliphatic carbocycles. The molecular formula is C18H21N3O5S. The lowest BCUT2D eigenvalue weighted by atomic mass is 10.2. The Kier molecular flexibility index (Phi) is 6.00. The van der Waals surface area contributed by atoms with Crippen molar-refractivity contribution in [3.05, 3.63) is 34.4 Å². The average Bonchev–Trinajstić information content (AvgIpc) is 3.12. The number of amides is 1. The summed E-state index contributed by atoms with van der Waals surface area (Å²) in [7, 11) is 0. The molecule has 0 bridgehead atoms. The first-order valence-electron chi connectivity index (χ1n) is 8.67. The number of ether oxygens (including phenoxy) is 1. The number of nitrogens with zero attached hydrogens (tertiary/aromatic N) is 2. The summed E-state index contributed by atoms with van der Waals surface area (Å²) in [5.74, 6) is 0.198. The molecule has 2 N–H and O–H groups in total. The fraction of sp³-hybridized carbons (Fsp3) is 0.444. The standard InChI is InChI=1S/C18H21N3O5S/c1-27-8-6-14(18(24)25)20-16(22)10-26-11-4-5-13-12(9-11)17(23)21-7-2-3-15(21)19-13/h4-5,9,14H,2-3,6-8,10H2,1H3,(H,20,22)(H,24,25). The number of carbonyl (C=O) groups is 2. The van der Waals surface area contributed by atoms with Crippen LogP contribution in [-0.4, -0.2) is 51.2 Å². The lowest BCUT2D eigenvalue weighted by molar-refractivity contribution is -0.142. The van der Waals surface area contributed by atoms with Gasteiger partial charge in [0.1, 0.15) is 17.6 Å². The molecule has 0 saturated heterocycles. The fourth-order valence-corrected chi connectivity index (χ4v) is 3.50. The Morgan fingerprint density at radius 2 is 2.26 bits per heavy atom. The summed E-state index contributed by atoms with van der Waals surface area (Å²) in [6.45, 7) is 0.339. The van der Waals surface area contributed by atoms with Crippen LogP contribution in [0.1, 0.15) is 18.7 Å². The molecule has 1 aliphatic rings. The molecule has 1 aromatic heterocycles. The van der Waals surface area contributed by atoms with Gasteiger partial charge in [-0.2, -0.15) is 11.8 Å². The van der Waals surface area contributed by atoms with Crippen LogP contribution in [0.15, 0.2) is 23.0 Å². The van der Waals surface area contributed by atoms with Crippen LogP contribution in [-0.2, 0) is 22.6 Å². The normalized spacial score (nSPS) is 14.0. The lowest BCUT2D eigenvalue weighted by Gasteiger charge is -2.14. The zero-order valence-corrected chi connectivity index (χ0v) is 15.8. The Balaban J connectivity index is 1.67. The quantitative estimate of drug-likeness (QED) is 0.692. The first kappa shape index (κ1) is 19.2. The number of carbonyl (C=O) groups excluding carboxylic acids is 1. The van der Waals surface area contributed by atoms with Crippen molar-refractivity contribution in [1.82, 2.24) is 14.9 Å². The summed E-state index contributed by atoms with van der Waals surface area (Å²) >= 11 is 1.51. The van der Waals surface area contributed by atoms with Gasteiger partial charge in [-0.3, -0.25) is 14.2 Å². The lowest BCUT2D eigenvalue weighted by Crippen LogP contribution is -2.43. The molecular weight excluding hydrogens is 370 g/mol.